The molecule has 3 atom stereocenters. The van der Waals surface area contributed by atoms with Crippen LogP contribution in [0.5, 0.6) is 0 Å². The van der Waals surface area contributed by atoms with Gasteiger partial charge in [0.2, 0.25) is 12.4 Å². The van der Waals surface area contributed by atoms with Crippen LogP contribution in [0.4, 0.5) is 17.6 Å². The Morgan fingerprint density at radius 3 is 2.16 bits per heavy atom. The van der Waals surface area contributed by atoms with Crippen molar-refractivity contribution in [2.24, 2.45) is 0 Å². The third kappa shape index (κ3) is 3.51. The van der Waals surface area contributed by atoms with E-state index in [2.05, 4.69) is 0 Å². The van der Waals surface area contributed by atoms with E-state index in [1.165, 1.54) is 24.3 Å². The quantitative estimate of drug-likeness (QED) is 0.775. The Kier molecular flexibility index (Phi) is 4.76. The van der Waals surface area contributed by atoms with E-state index in [1.54, 1.807) is 36.4 Å². The summed E-state index contributed by atoms with van der Waals surface area (Å²) in [5.41, 5.74) is 0.468. The molecule has 1 saturated heterocycles. The Bertz CT molecular complexity index is 721. The molecule has 132 valence electrons. The molecule has 3 nitrogen and oxygen atoms in total. The molecular formula is C18H15F4NO2. The van der Waals surface area contributed by atoms with Crippen LogP contribution < -0.4 is 0 Å². The van der Waals surface area contributed by atoms with Crippen molar-refractivity contribution >= 4 is 5.91 Å². The molecule has 7 heteroatoms. The van der Waals surface area contributed by atoms with Gasteiger partial charge in [-0.05, 0) is 11.1 Å². The Morgan fingerprint density at radius 2 is 1.60 bits per heavy atom. The maximum Gasteiger partial charge on any atom is 0.433 e. The first-order valence-corrected chi connectivity index (χ1v) is 7.64. The number of benzene rings is 2. The Balaban J connectivity index is 1.95. The molecule has 0 saturated carbocycles. The van der Waals surface area contributed by atoms with Crippen LogP contribution in [0.2, 0.25) is 0 Å². The average molecular weight is 353 g/mol. The summed E-state index contributed by atoms with van der Waals surface area (Å²) in [6.07, 6.45) is -9.47. The van der Waals surface area contributed by atoms with Crippen molar-refractivity contribution in [1.29, 1.82) is 0 Å². The van der Waals surface area contributed by atoms with Gasteiger partial charge in [-0.3, -0.25) is 9.69 Å². The summed E-state index contributed by atoms with van der Waals surface area (Å²) >= 11 is 0. The molecule has 0 aromatic heterocycles. The second-order valence-corrected chi connectivity index (χ2v) is 5.67. The smallest absolute Gasteiger partial charge is 0.347 e. The minimum atomic E-state index is -4.81. The van der Waals surface area contributed by atoms with Gasteiger partial charge in [-0.15, -0.1) is 0 Å². The Morgan fingerprint density at radius 1 is 1.04 bits per heavy atom. The summed E-state index contributed by atoms with van der Waals surface area (Å²) in [4.78, 5) is 13.0. The van der Waals surface area contributed by atoms with Crippen molar-refractivity contribution < 1.29 is 27.1 Å². The Hall–Kier alpha value is -2.41. The summed E-state index contributed by atoms with van der Waals surface area (Å²) in [5.74, 6) is -1.26. The SMILES string of the molecule is O=C([C@H](F)c1ccccc1)N1[C@H](C(F)(F)F)OC[C@H]1c1ccccc1. The third-order valence-corrected chi connectivity index (χ3v) is 4.03. The average Bonchev–Trinajstić information content (AvgIpc) is 3.07. The van der Waals surface area contributed by atoms with Crippen LogP contribution in [0.15, 0.2) is 60.7 Å². The van der Waals surface area contributed by atoms with Gasteiger partial charge in [0.1, 0.15) is 0 Å². The van der Waals surface area contributed by atoms with E-state index in [0.717, 1.165) is 0 Å². The first-order valence-electron chi connectivity index (χ1n) is 7.64. The van der Waals surface area contributed by atoms with Crippen LogP contribution in [-0.2, 0) is 9.53 Å². The zero-order chi connectivity index (χ0) is 18.0. The van der Waals surface area contributed by atoms with Gasteiger partial charge < -0.3 is 4.74 Å². The van der Waals surface area contributed by atoms with Crippen molar-refractivity contribution in [3.05, 3.63) is 71.8 Å². The van der Waals surface area contributed by atoms with E-state index < -0.39 is 30.5 Å². The molecule has 1 heterocycles. The van der Waals surface area contributed by atoms with Crippen molar-refractivity contribution in [3.8, 4) is 0 Å². The fraction of sp³-hybridized carbons (Fsp3) is 0.278. The minimum Gasteiger partial charge on any atom is -0.347 e. The molecule has 0 unspecified atom stereocenters. The summed E-state index contributed by atoms with van der Waals surface area (Å²) in [6.45, 7) is -0.346. The molecule has 0 N–H and O–H groups in total. The highest BCUT2D eigenvalue weighted by Crippen LogP contribution is 2.40. The van der Waals surface area contributed by atoms with Crippen molar-refractivity contribution in [2.75, 3.05) is 6.61 Å². The fourth-order valence-electron chi connectivity index (χ4n) is 2.86. The van der Waals surface area contributed by atoms with E-state index in [-0.39, 0.29) is 12.2 Å². The number of amides is 1. The van der Waals surface area contributed by atoms with Crippen LogP contribution in [0.3, 0.4) is 0 Å². The van der Waals surface area contributed by atoms with Gasteiger partial charge in [0, 0.05) is 0 Å². The summed E-state index contributed by atoms with van der Waals surface area (Å²) in [6, 6.07) is 14.6. The standard InChI is InChI=1S/C18H15F4NO2/c19-15(13-9-5-2-6-10-13)16(24)23-14(12-7-3-1-4-8-12)11-25-17(23)18(20,21)22/h1-10,14-15,17H,11H2/t14-,15+,17-/m0/s1. The molecule has 0 aliphatic carbocycles. The van der Waals surface area contributed by atoms with Crippen molar-refractivity contribution in [3.63, 3.8) is 0 Å². The van der Waals surface area contributed by atoms with E-state index in [0.29, 0.717) is 10.5 Å². The van der Waals surface area contributed by atoms with Gasteiger partial charge >= 0.3 is 6.18 Å². The number of carbonyl (C=O) groups is 1. The second-order valence-electron chi connectivity index (χ2n) is 5.67. The van der Waals surface area contributed by atoms with Gasteiger partial charge in [0.15, 0.2) is 0 Å². The summed E-state index contributed by atoms with van der Waals surface area (Å²) < 4.78 is 59.3. The fourth-order valence-corrected chi connectivity index (χ4v) is 2.86. The number of hydrogen-bond acceptors (Lipinski definition) is 2. The molecule has 2 aromatic rings. The summed E-state index contributed by atoms with van der Waals surface area (Å²) in [7, 11) is 0. The number of halogens is 4. The predicted octanol–water partition coefficient (Wildman–Crippen LogP) is 4.19. The molecular weight excluding hydrogens is 338 g/mol. The zero-order valence-corrected chi connectivity index (χ0v) is 13.0. The second kappa shape index (κ2) is 6.84. The molecule has 1 aliphatic rings. The predicted molar refractivity (Wildman–Crippen MR) is 82.1 cm³/mol. The van der Waals surface area contributed by atoms with Gasteiger partial charge in [0.05, 0.1) is 12.6 Å². The number of carbonyl (C=O) groups excluding carboxylic acids is 1. The number of hydrogen-bond donors (Lipinski definition) is 0. The van der Waals surface area contributed by atoms with Crippen LogP contribution in [0.25, 0.3) is 0 Å². The largest absolute Gasteiger partial charge is 0.433 e. The Labute approximate surface area is 141 Å². The van der Waals surface area contributed by atoms with Gasteiger partial charge in [-0.25, -0.2) is 4.39 Å². The molecule has 3 rings (SSSR count). The highest BCUT2D eigenvalue weighted by atomic mass is 19.4. The lowest BCUT2D eigenvalue weighted by Crippen LogP contribution is -2.47. The molecule has 2 aromatic carbocycles. The van der Waals surface area contributed by atoms with Gasteiger partial charge in [-0.1, -0.05) is 60.7 Å². The van der Waals surface area contributed by atoms with Crippen molar-refractivity contribution in [1.82, 2.24) is 4.90 Å². The first-order chi connectivity index (χ1) is 11.9. The highest BCUT2D eigenvalue weighted by molar-refractivity contribution is 5.83. The van der Waals surface area contributed by atoms with Gasteiger partial charge in [0.25, 0.3) is 5.91 Å². The number of ether oxygens (including phenoxy) is 1. The van der Waals surface area contributed by atoms with E-state index in [4.69, 9.17) is 4.74 Å². The van der Waals surface area contributed by atoms with Crippen LogP contribution in [0.1, 0.15) is 23.3 Å². The maximum absolute atomic E-state index is 14.6. The molecule has 1 aliphatic heterocycles. The normalized spacial score (nSPS) is 22.0. The summed E-state index contributed by atoms with van der Waals surface area (Å²) in [5, 5.41) is 0. The van der Waals surface area contributed by atoms with E-state index in [9.17, 15) is 22.4 Å². The number of nitrogens with zero attached hydrogens (tertiary/aromatic N) is 1. The maximum atomic E-state index is 14.6. The topological polar surface area (TPSA) is 29.5 Å². The first kappa shape index (κ1) is 17.4. The van der Waals surface area contributed by atoms with E-state index >= 15 is 0 Å². The molecule has 0 radical (unpaired) electrons. The number of rotatable bonds is 3. The molecule has 1 amide bonds. The number of alkyl halides is 4. The van der Waals surface area contributed by atoms with Crippen LogP contribution in [0, 0.1) is 0 Å². The highest BCUT2D eigenvalue weighted by Gasteiger charge is 2.54. The van der Waals surface area contributed by atoms with Crippen molar-refractivity contribution in [2.45, 2.75) is 24.6 Å². The molecule has 0 spiro atoms. The molecule has 1 fully saturated rings. The molecule has 0 bridgehead atoms. The van der Waals surface area contributed by atoms with Crippen LogP contribution >= 0.6 is 0 Å². The lowest BCUT2D eigenvalue weighted by atomic mass is 10.0. The third-order valence-electron chi connectivity index (χ3n) is 4.03. The minimum absolute atomic E-state index is 0.00661. The lowest BCUT2D eigenvalue weighted by Gasteiger charge is -2.30. The van der Waals surface area contributed by atoms with E-state index in [1.807, 2.05) is 0 Å². The molecule has 25 heavy (non-hydrogen) atoms. The lowest BCUT2D eigenvalue weighted by molar-refractivity contribution is -0.241. The monoisotopic (exact) mass is 353 g/mol. The van der Waals surface area contributed by atoms with Crippen LogP contribution in [-0.4, -0.2) is 29.8 Å². The van der Waals surface area contributed by atoms with Gasteiger partial charge in [-0.2, -0.15) is 13.2 Å². The zero-order valence-electron chi connectivity index (χ0n) is 13.0.